The number of aliphatic carboxylic acids is 1. The maximum Gasteiger partial charge on any atom is 0.303 e. The molecule has 0 bridgehead atoms. The third-order valence-corrected chi connectivity index (χ3v) is 8.09. The number of methoxy groups -OCH3 is 3. The van der Waals surface area contributed by atoms with Crippen LogP contribution in [0.25, 0.3) is 11.1 Å². The van der Waals surface area contributed by atoms with Gasteiger partial charge in [-0.15, -0.1) is 0 Å². The Balaban J connectivity index is 2.06. The van der Waals surface area contributed by atoms with Crippen molar-refractivity contribution in [1.82, 2.24) is 10.6 Å². The fourth-order valence-electron chi connectivity index (χ4n) is 5.60. The predicted molar refractivity (Wildman–Crippen MR) is 169 cm³/mol. The van der Waals surface area contributed by atoms with E-state index in [0.29, 0.717) is 73.4 Å². The second kappa shape index (κ2) is 16.0. The first kappa shape index (κ1) is 34.2. The van der Waals surface area contributed by atoms with Gasteiger partial charge in [-0.2, -0.15) is 0 Å². The summed E-state index contributed by atoms with van der Waals surface area (Å²) in [4.78, 5) is 50.0. The number of benzene rings is 1. The van der Waals surface area contributed by atoms with Crippen molar-refractivity contribution in [3.8, 4) is 28.4 Å². The van der Waals surface area contributed by atoms with Gasteiger partial charge >= 0.3 is 5.97 Å². The number of ether oxygens (including phenoxy) is 3. The minimum absolute atomic E-state index is 0.0885. The zero-order valence-corrected chi connectivity index (χ0v) is 26.5. The summed E-state index contributed by atoms with van der Waals surface area (Å²) in [5, 5.41) is 18.0. The lowest BCUT2D eigenvalue weighted by Crippen LogP contribution is -2.44. The Bertz CT molecular complexity index is 1410. The molecule has 11 nitrogen and oxygen atoms in total. The highest BCUT2D eigenvalue weighted by molar-refractivity contribution is 5.86. The average molecular weight is 612 g/mol. The van der Waals surface area contributed by atoms with Crippen molar-refractivity contribution in [3.05, 3.63) is 45.6 Å². The summed E-state index contributed by atoms with van der Waals surface area (Å²) in [6, 6.07) is 5.79. The minimum Gasteiger partial charge on any atom is -0.493 e. The molecule has 2 aromatic carbocycles. The molecule has 240 valence electrons. The summed E-state index contributed by atoms with van der Waals surface area (Å²) in [6.45, 7) is 5.78. The van der Waals surface area contributed by atoms with Gasteiger partial charge in [0.15, 0.2) is 11.5 Å². The van der Waals surface area contributed by atoms with Crippen LogP contribution in [0, 0.1) is 5.92 Å². The zero-order chi connectivity index (χ0) is 32.4. The van der Waals surface area contributed by atoms with Crippen LogP contribution < -0.4 is 35.6 Å². The van der Waals surface area contributed by atoms with Crippen LogP contribution in [0.2, 0.25) is 0 Å². The lowest BCUT2D eigenvalue weighted by Gasteiger charge is -2.24. The smallest absolute Gasteiger partial charge is 0.303 e. The molecule has 3 rings (SSSR count). The molecular weight excluding hydrogens is 566 g/mol. The molecular formula is C33H45N3O8. The zero-order valence-electron chi connectivity index (χ0n) is 26.5. The van der Waals surface area contributed by atoms with Crippen molar-refractivity contribution in [2.24, 2.45) is 5.92 Å². The molecule has 1 aliphatic carbocycles. The number of fused-ring (bicyclic) bond motifs is 3. The van der Waals surface area contributed by atoms with Crippen molar-refractivity contribution in [2.45, 2.75) is 77.8 Å². The SMILES string of the molecule is CC[C@@H](C)[C@@H](Nc1ccc2c(cc1=O)[C@H](NC(C)=O)CCc1cc(OC)c(OC)c(OC)c1-2)C(=O)NCCCCCC(=O)O. The van der Waals surface area contributed by atoms with E-state index in [2.05, 4.69) is 16.0 Å². The maximum absolute atomic E-state index is 13.8. The molecule has 0 aromatic heterocycles. The molecule has 44 heavy (non-hydrogen) atoms. The van der Waals surface area contributed by atoms with Gasteiger partial charge < -0.3 is 35.3 Å². The maximum atomic E-state index is 13.8. The molecule has 4 N–H and O–H groups in total. The molecule has 0 heterocycles. The fraction of sp³-hybridized carbons (Fsp3) is 0.515. The molecule has 0 fully saturated rings. The fourth-order valence-corrected chi connectivity index (χ4v) is 5.60. The van der Waals surface area contributed by atoms with Gasteiger partial charge in [0.05, 0.1) is 33.1 Å². The van der Waals surface area contributed by atoms with Gasteiger partial charge in [0.2, 0.25) is 23.0 Å². The standard InChI is InChI=1S/C33H45N3O8/c1-7-19(2)30(33(41)34-16-10-8-9-11-28(39)40)36-25-15-13-22-23(18-26(25)38)24(35-20(3)37)14-12-21-17-27(42-4)31(43-5)32(44-6)29(21)22/h13,15,17-19,24,30H,7-12,14,16H2,1-6H3,(H,34,41)(H,35,37)(H,36,38)(H,39,40)/t19-,24-,30-/m1/s1. The van der Waals surface area contributed by atoms with E-state index >= 15 is 0 Å². The van der Waals surface area contributed by atoms with E-state index in [-0.39, 0.29) is 35.3 Å². The molecule has 3 atom stereocenters. The Hall–Kier alpha value is -4.28. The third kappa shape index (κ3) is 8.21. The summed E-state index contributed by atoms with van der Waals surface area (Å²) in [5.74, 6) is 0.0173. The number of carboxylic acids is 1. The number of carbonyl (C=O) groups is 3. The highest BCUT2D eigenvalue weighted by Gasteiger charge is 2.30. The first-order valence-corrected chi connectivity index (χ1v) is 15.1. The highest BCUT2D eigenvalue weighted by Crippen LogP contribution is 2.50. The van der Waals surface area contributed by atoms with Crippen LogP contribution in [0.15, 0.2) is 29.1 Å². The minimum atomic E-state index is -0.832. The Morgan fingerprint density at radius 2 is 1.75 bits per heavy atom. The lowest BCUT2D eigenvalue weighted by molar-refractivity contribution is -0.137. The number of nitrogens with one attached hydrogen (secondary N) is 3. The number of rotatable bonds is 15. The quantitative estimate of drug-likeness (QED) is 0.214. The molecule has 0 radical (unpaired) electrons. The van der Waals surface area contributed by atoms with Crippen LogP contribution >= 0.6 is 0 Å². The highest BCUT2D eigenvalue weighted by atomic mass is 16.5. The molecule has 0 unspecified atom stereocenters. The number of aryl methyl sites for hydroxylation is 1. The molecule has 0 aliphatic heterocycles. The number of hydrogen-bond donors (Lipinski definition) is 4. The second-order valence-electron chi connectivity index (χ2n) is 11.1. The summed E-state index contributed by atoms with van der Waals surface area (Å²) in [7, 11) is 4.63. The molecule has 2 aromatic rings. The Labute approximate surface area is 258 Å². The molecule has 0 saturated heterocycles. The van der Waals surface area contributed by atoms with Crippen molar-refractivity contribution in [2.75, 3.05) is 33.2 Å². The van der Waals surface area contributed by atoms with Crippen molar-refractivity contribution >= 4 is 23.5 Å². The van der Waals surface area contributed by atoms with Gasteiger partial charge in [-0.1, -0.05) is 32.8 Å². The van der Waals surface area contributed by atoms with Gasteiger partial charge in [-0.05, 0) is 66.5 Å². The summed E-state index contributed by atoms with van der Waals surface area (Å²) in [6.07, 6.45) is 3.82. The van der Waals surface area contributed by atoms with Crippen LogP contribution in [0.5, 0.6) is 17.2 Å². The van der Waals surface area contributed by atoms with E-state index in [1.54, 1.807) is 20.3 Å². The van der Waals surface area contributed by atoms with Crippen LogP contribution in [-0.4, -0.2) is 56.8 Å². The molecule has 0 spiro atoms. The molecule has 11 heteroatoms. The predicted octanol–water partition coefficient (Wildman–Crippen LogP) is 4.45. The normalized spacial score (nSPS) is 15.0. The molecule has 1 aliphatic rings. The van der Waals surface area contributed by atoms with Gasteiger partial charge in [0.1, 0.15) is 6.04 Å². The summed E-state index contributed by atoms with van der Waals surface area (Å²) >= 11 is 0. The van der Waals surface area contributed by atoms with Crippen molar-refractivity contribution < 1.29 is 33.7 Å². The topological polar surface area (TPSA) is 152 Å². The molecule has 0 saturated carbocycles. The monoisotopic (exact) mass is 611 g/mol. The van der Waals surface area contributed by atoms with Crippen molar-refractivity contribution in [1.29, 1.82) is 0 Å². The van der Waals surface area contributed by atoms with Crippen LogP contribution in [0.4, 0.5) is 5.69 Å². The number of amides is 2. The van der Waals surface area contributed by atoms with E-state index in [0.717, 1.165) is 11.1 Å². The van der Waals surface area contributed by atoms with Gasteiger partial charge in [0, 0.05) is 25.5 Å². The summed E-state index contributed by atoms with van der Waals surface area (Å²) < 4.78 is 17.1. The summed E-state index contributed by atoms with van der Waals surface area (Å²) in [5.41, 5.74) is 2.93. The number of unbranched alkanes of at least 4 members (excludes halogenated alkanes) is 2. The Kier molecular flexibility index (Phi) is 12.4. The number of hydrogen-bond acceptors (Lipinski definition) is 8. The lowest BCUT2D eigenvalue weighted by atomic mass is 9.95. The van der Waals surface area contributed by atoms with E-state index in [4.69, 9.17) is 19.3 Å². The largest absolute Gasteiger partial charge is 0.493 e. The van der Waals surface area contributed by atoms with Crippen molar-refractivity contribution in [3.63, 3.8) is 0 Å². The van der Waals surface area contributed by atoms with Gasteiger partial charge in [-0.25, -0.2) is 0 Å². The first-order valence-electron chi connectivity index (χ1n) is 15.1. The van der Waals surface area contributed by atoms with Gasteiger partial charge in [-0.3, -0.25) is 19.2 Å². The van der Waals surface area contributed by atoms with E-state index in [9.17, 15) is 19.2 Å². The Morgan fingerprint density at radius 1 is 1.02 bits per heavy atom. The van der Waals surface area contributed by atoms with E-state index in [1.165, 1.54) is 20.1 Å². The first-order chi connectivity index (χ1) is 21.1. The van der Waals surface area contributed by atoms with E-state index < -0.39 is 18.1 Å². The van der Waals surface area contributed by atoms with Crippen LogP contribution in [-0.2, 0) is 20.8 Å². The third-order valence-electron chi connectivity index (χ3n) is 8.09. The second-order valence-corrected chi connectivity index (χ2v) is 11.1. The van der Waals surface area contributed by atoms with Crippen LogP contribution in [0.3, 0.4) is 0 Å². The Morgan fingerprint density at radius 3 is 2.36 bits per heavy atom. The van der Waals surface area contributed by atoms with E-state index in [1.807, 2.05) is 26.0 Å². The number of carbonyl (C=O) groups excluding carboxylic acids is 2. The van der Waals surface area contributed by atoms with Gasteiger partial charge in [0.25, 0.3) is 0 Å². The number of carboxylic acid groups (broad SMARTS) is 1. The number of anilines is 1. The molecule has 2 amide bonds. The van der Waals surface area contributed by atoms with Crippen LogP contribution in [0.1, 0.15) is 76.5 Å². The average Bonchev–Trinajstić information content (AvgIpc) is 3.24.